The van der Waals surface area contributed by atoms with Crippen LogP contribution in [-0.2, 0) is 4.79 Å². The topological polar surface area (TPSA) is 54.3 Å². The number of aryl methyl sites for hydroxylation is 1. The molecule has 2 heterocycles. The monoisotopic (exact) mass is 236 g/mol. The lowest BCUT2D eigenvalue weighted by atomic mass is 10.0. The van der Waals surface area contributed by atoms with Crippen molar-refractivity contribution in [3.63, 3.8) is 0 Å². The summed E-state index contributed by atoms with van der Waals surface area (Å²) in [5, 5.41) is 6.21. The van der Waals surface area contributed by atoms with Crippen LogP contribution in [0.25, 0.3) is 0 Å². The summed E-state index contributed by atoms with van der Waals surface area (Å²) in [6.45, 7) is 6.87. The van der Waals surface area contributed by atoms with E-state index in [1.165, 1.54) is 0 Å². The molecule has 4 nitrogen and oxygen atoms in total. The molecule has 0 aromatic carbocycles. The molecule has 0 aliphatic carbocycles. The Balaban J connectivity index is 1.94. The van der Waals surface area contributed by atoms with Crippen LogP contribution in [0.1, 0.15) is 37.8 Å². The first kappa shape index (κ1) is 12.2. The fourth-order valence-electron chi connectivity index (χ4n) is 2.25. The Labute approximate surface area is 102 Å². The van der Waals surface area contributed by atoms with E-state index in [2.05, 4.69) is 17.6 Å². The standard InChI is InChI=1S/C13H20N2O2/c1-8-6-7-14-12(8)13(16)15-10(3)11-5-4-9(2)17-11/h4-5,8,10,12,14H,6-7H2,1-3H3,(H,15,16). The van der Waals surface area contributed by atoms with Crippen molar-refractivity contribution < 1.29 is 9.21 Å². The fourth-order valence-corrected chi connectivity index (χ4v) is 2.25. The van der Waals surface area contributed by atoms with Crippen molar-refractivity contribution in [3.8, 4) is 0 Å². The summed E-state index contributed by atoms with van der Waals surface area (Å²) in [4.78, 5) is 12.0. The predicted octanol–water partition coefficient (Wildman–Crippen LogP) is 1.76. The van der Waals surface area contributed by atoms with Crippen LogP contribution in [0.5, 0.6) is 0 Å². The second kappa shape index (κ2) is 4.92. The van der Waals surface area contributed by atoms with Crippen LogP contribution in [0.2, 0.25) is 0 Å². The van der Waals surface area contributed by atoms with E-state index in [4.69, 9.17) is 4.42 Å². The molecular formula is C13H20N2O2. The molecule has 17 heavy (non-hydrogen) atoms. The number of carbonyl (C=O) groups is 1. The number of amides is 1. The largest absolute Gasteiger partial charge is 0.464 e. The van der Waals surface area contributed by atoms with Crippen LogP contribution in [0.4, 0.5) is 0 Å². The van der Waals surface area contributed by atoms with E-state index in [1.807, 2.05) is 26.0 Å². The lowest BCUT2D eigenvalue weighted by Crippen LogP contribution is -2.44. The highest BCUT2D eigenvalue weighted by atomic mass is 16.3. The maximum absolute atomic E-state index is 12.0. The van der Waals surface area contributed by atoms with Crippen molar-refractivity contribution in [2.75, 3.05) is 6.54 Å². The van der Waals surface area contributed by atoms with Gasteiger partial charge in [0.1, 0.15) is 11.5 Å². The van der Waals surface area contributed by atoms with Crippen molar-refractivity contribution in [3.05, 3.63) is 23.7 Å². The molecule has 1 amide bonds. The van der Waals surface area contributed by atoms with Gasteiger partial charge in [0, 0.05) is 0 Å². The molecule has 0 saturated carbocycles. The summed E-state index contributed by atoms with van der Waals surface area (Å²) in [5.74, 6) is 2.15. The van der Waals surface area contributed by atoms with Gasteiger partial charge in [-0.3, -0.25) is 4.79 Å². The molecule has 0 bridgehead atoms. The van der Waals surface area contributed by atoms with E-state index in [1.54, 1.807) is 0 Å². The Bertz CT molecular complexity index is 400. The zero-order chi connectivity index (χ0) is 12.4. The van der Waals surface area contributed by atoms with Gasteiger partial charge in [0.05, 0.1) is 12.1 Å². The van der Waals surface area contributed by atoms with Gasteiger partial charge in [-0.2, -0.15) is 0 Å². The van der Waals surface area contributed by atoms with Crippen molar-refractivity contribution in [1.82, 2.24) is 10.6 Å². The molecule has 2 N–H and O–H groups in total. The molecule has 3 atom stereocenters. The molecule has 2 rings (SSSR count). The minimum Gasteiger partial charge on any atom is -0.464 e. The Hall–Kier alpha value is -1.29. The normalized spacial score (nSPS) is 25.8. The Morgan fingerprint density at radius 2 is 2.35 bits per heavy atom. The van der Waals surface area contributed by atoms with E-state index in [0.717, 1.165) is 24.5 Å². The second-order valence-corrected chi connectivity index (χ2v) is 4.88. The molecule has 1 saturated heterocycles. The molecule has 1 aliphatic rings. The molecule has 1 aliphatic heterocycles. The molecule has 0 spiro atoms. The smallest absolute Gasteiger partial charge is 0.237 e. The van der Waals surface area contributed by atoms with E-state index in [9.17, 15) is 4.79 Å². The molecule has 3 unspecified atom stereocenters. The Morgan fingerprint density at radius 1 is 1.59 bits per heavy atom. The van der Waals surface area contributed by atoms with E-state index in [0.29, 0.717) is 5.92 Å². The molecule has 94 valence electrons. The van der Waals surface area contributed by atoms with Crippen molar-refractivity contribution in [1.29, 1.82) is 0 Å². The number of carbonyl (C=O) groups excluding carboxylic acids is 1. The van der Waals surface area contributed by atoms with Crippen LogP contribution in [0.15, 0.2) is 16.5 Å². The Morgan fingerprint density at radius 3 is 2.88 bits per heavy atom. The number of furan rings is 1. The molecular weight excluding hydrogens is 216 g/mol. The van der Waals surface area contributed by atoms with E-state index >= 15 is 0 Å². The van der Waals surface area contributed by atoms with Gasteiger partial charge in [0.25, 0.3) is 0 Å². The van der Waals surface area contributed by atoms with Crippen LogP contribution in [0.3, 0.4) is 0 Å². The third-order valence-electron chi connectivity index (χ3n) is 3.36. The predicted molar refractivity (Wildman–Crippen MR) is 65.6 cm³/mol. The van der Waals surface area contributed by atoms with Crippen LogP contribution >= 0.6 is 0 Å². The van der Waals surface area contributed by atoms with Crippen LogP contribution < -0.4 is 10.6 Å². The van der Waals surface area contributed by atoms with Crippen molar-refractivity contribution >= 4 is 5.91 Å². The number of nitrogens with one attached hydrogen (secondary N) is 2. The van der Waals surface area contributed by atoms with Crippen LogP contribution in [-0.4, -0.2) is 18.5 Å². The van der Waals surface area contributed by atoms with Gasteiger partial charge in [-0.05, 0) is 44.9 Å². The Kier molecular flexibility index (Phi) is 3.52. The molecule has 0 radical (unpaired) electrons. The highest BCUT2D eigenvalue weighted by molar-refractivity contribution is 5.82. The first-order valence-corrected chi connectivity index (χ1v) is 6.18. The van der Waals surface area contributed by atoms with Gasteiger partial charge >= 0.3 is 0 Å². The maximum Gasteiger partial charge on any atom is 0.237 e. The van der Waals surface area contributed by atoms with Gasteiger partial charge in [-0.15, -0.1) is 0 Å². The fraction of sp³-hybridized carbons (Fsp3) is 0.615. The molecule has 1 fully saturated rings. The van der Waals surface area contributed by atoms with Gasteiger partial charge in [0.2, 0.25) is 5.91 Å². The first-order valence-electron chi connectivity index (χ1n) is 6.18. The van der Waals surface area contributed by atoms with Gasteiger partial charge in [0.15, 0.2) is 0 Å². The average Bonchev–Trinajstić information content (AvgIpc) is 2.86. The molecule has 4 heteroatoms. The number of rotatable bonds is 3. The second-order valence-electron chi connectivity index (χ2n) is 4.88. The summed E-state index contributed by atoms with van der Waals surface area (Å²) >= 11 is 0. The minimum absolute atomic E-state index is 0.0616. The zero-order valence-corrected chi connectivity index (χ0v) is 10.6. The van der Waals surface area contributed by atoms with Gasteiger partial charge in [-0.1, -0.05) is 6.92 Å². The SMILES string of the molecule is Cc1ccc(C(C)NC(=O)C2NCCC2C)o1. The van der Waals surface area contributed by atoms with Gasteiger partial charge in [-0.25, -0.2) is 0 Å². The third kappa shape index (κ3) is 2.69. The maximum atomic E-state index is 12.0. The summed E-state index contributed by atoms with van der Waals surface area (Å²) in [6, 6.07) is 3.68. The van der Waals surface area contributed by atoms with Crippen molar-refractivity contribution in [2.24, 2.45) is 5.92 Å². The van der Waals surface area contributed by atoms with E-state index in [-0.39, 0.29) is 18.0 Å². The van der Waals surface area contributed by atoms with Crippen LogP contribution in [0, 0.1) is 12.8 Å². The van der Waals surface area contributed by atoms with Crippen molar-refractivity contribution in [2.45, 2.75) is 39.3 Å². The summed E-state index contributed by atoms with van der Waals surface area (Å²) in [6.07, 6.45) is 1.06. The summed E-state index contributed by atoms with van der Waals surface area (Å²) in [5.41, 5.74) is 0. The number of hydrogen-bond acceptors (Lipinski definition) is 3. The third-order valence-corrected chi connectivity index (χ3v) is 3.36. The zero-order valence-electron chi connectivity index (χ0n) is 10.6. The minimum atomic E-state index is -0.0780. The highest BCUT2D eigenvalue weighted by Gasteiger charge is 2.30. The first-order chi connectivity index (χ1) is 8.08. The summed E-state index contributed by atoms with van der Waals surface area (Å²) in [7, 11) is 0. The lowest BCUT2D eigenvalue weighted by molar-refractivity contribution is -0.124. The van der Waals surface area contributed by atoms with E-state index < -0.39 is 0 Å². The lowest BCUT2D eigenvalue weighted by Gasteiger charge is -2.18. The quantitative estimate of drug-likeness (QED) is 0.841. The summed E-state index contributed by atoms with van der Waals surface area (Å²) < 4.78 is 5.50. The average molecular weight is 236 g/mol. The van der Waals surface area contributed by atoms with Gasteiger partial charge < -0.3 is 15.1 Å². The molecule has 1 aromatic heterocycles. The highest BCUT2D eigenvalue weighted by Crippen LogP contribution is 2.18. The number of hydrogen-bond donors (Lipinski definition) is 2. The molecule has 1 aromatic rings.